The van der Waals surface area contributed by atoms with E-state index in [2.05, 4.69) is 48.0 Å². The molecule has 0 saturated heterocycles. The van der Waals surface area contributed by atoms with Crippen LogP contribution in [0.4, 0.5) is 0 Å². The Morgan fingerprint density at radius 2 is 2.16 bits per heavy atom. The van der Waals surface area contributed by atoms with Crippen LogP contribution in [0.5, 0.6) is 0 Å². The van der Waals surface area contributed by atoms with E-state index in [1.807, 2.05) is 6.20 Å². The van der Waals surface area contributed by atoms with Gasteiger partial charge in [0.1, 0.15) is 0 Å². The summed E-state index contributed by atoms with van der Waals surface area (Å²) in [7, 11) is 0. The molecule has 2 heterocycles. The van der Waals surface area contributed by atoms with E-state index in [0.29, 0.717) is 11.8 Å². The Morgan fingerprint density at radius 1 is 1.37 bits per heavy atom. The molecule has 0 aromatic carbocycles. The Morgan fingerprint density at radius 3 is 2.84 bits per heavy atom. The lowest BCUT2D eigenvalue weighted by atomic mass is 9.81. The maximum Gasteiger partial charge on any atom is 0.235 e. The van der Waals surface area contributed by atoms with Crippen molar-refractivity contribution < 1.29 is 4.52 Å². The van der Waals surface area contributed by atoms with Gasteiger partial charge in [-0.1, -0.05) is 32.9 Å². The minimum atomic E-state index is -0.0845. The Balaban J connectivity index is 1.97. The van der Waals surface area contributed by atoms with E-state index >= 15 is 0 Å². The average Bonchev–Trinajstić information content (AvgIpc) is 2.94. The van der Waals surface area contributed by atoms with Crippen molar-refractivity contribution in [3.8, 4) is 0 Å². The first kappa shape index (κ1) is 12.4. The summed E-state index contributed by atoms with van der Waals surface area (Å²) in [4.78, 5) is 4.59. The standard InChI is InChI=1S/C14H20N4O/c1-8-5-9-7-15-17-11(9)10(6-8)12-16-13(18-19-12)14(2,3)4/h7-8,10H,5-6H2,1-4H3,(H,15,17). The molecule has 0 fully saturated rings. The smallest absolute Gasteiger partial charge is 0.235 e. The molecule has 1 aliphatic carbocycles. The van der Waals surface area contributed by atoms with Gasteiger partial charge in [-0.15, -0.1) is 0 Å². The molecule has 5 heteroatoms. The lowest BCUT2D eigenvalue weighted by Gasteiger charge is -2.23. The third-order valence-corrected chi connectivity index (χ3v) is 3.72. The molecule has 102 valence electrons. The third-order valence-electron chi connectivity index (χ3n) is 3.72. The van der Waals surface area contributed by atoms with Gasteiger partial charge in [-0.3, -0.25) is 5.10 Å². The monoisotopic (exact) mass is 260 g/mol. The summed E-state index contributed by atoms with van der Waals surface area (Å²) in [6.45, 7) is 8.52. The lowest BCUT2D eigenvalue weighted by molar-refractivity contribution is 0.326. The number of fused-ring (bicyclic) bond motifs is 1. The summed E-state index contributed by atoms with van der Waals surface area (Å²) in [5.41, 5.74) is 2.33. The van der Waals surface area contributed by atoms with Gasteiger partial charge >= 0.3 is 0 Å². The van der Waals surface area contributed by atoms with Crippen LogP contribution in [-0.4, -0.2) is 20.3 Å². The summed E-state index contributed by atoms with van der Waals surface area (Å²) in [6, 6.07) is 0. The number of hydrogen-bond donors (Lipinski definition) is 1. The largest absolute Gasteiger partial charge is 0.339 e. The molecule has 1 N–H and O–H groups in total. The van der Waals surface area contributed by atoms with Gasteiger partial charge in [0.05, 0.1) is 17.8 Å². The molecule has 0 amide bonds. The highest BCUT2D eigenvalue weighted by Gasteiger charge is 2.32. The Hall–Kier alpha value is -1.65. The minimum Gasteiger partial charge on any atom is -0.339 e. The number of H-pyrrole nitrogens is 1. The van der Waals surface area contributed by atoms with E-state index in [-0.39, 0.29) is 11.3 Å². The van der Waals surface area contributed by atoms with Gasteiger partial charge in [-0.25, -0.2) is 0 Å². The maximum atomic E-state index is 5.50. The van der Waals surface area contributed by atoms with Crippen LogP contribution in [0.15, 0.2) is 10.7 Å². The molecule has 19 heavy (non-hydrogen) atoms. The van der Waals surface area contributed by atoms with Crippen molar-refractivity contribution in [3.63, 3.8) is 0 Å². The topological polar surface area (TPSA) is 67.6 Å². The first-order chi connectivity index (χ1) is 8.95. The zero-order chi connectivity index (χ0) is 13.6. The molecule has 0 radical (unpaired) electrons. The third kappa shape index (κ3) is 2.17. The zero-order valence-corrected chi connectivity index (χ0v) is 11.9. The van der Waals surface area contributed by atoms with Crippen molar-refractivity contribution in [2.24, 2.45) is 5.92 Å². The molecule has 0 saturated carbocycles. The summed E-state index contributed by atoms with van der Waals surface area (Å²) >= 11 is 0. The molecular formula is C14H20N4O. The first-order valence-electron chi connectivity index (χ1n) is 6.81. The second-order valence-electron chi connectivity index (χ2n) is 6.61. The number of aromatic nitrogens is 4. The molecule has 0 spiro atoms. The van der Waals surface area contributed by atoms with Gasteiger partial charge in [-0.2, -0.15) is 10.1 Å². The van der Waals surface area contributed by atoms with Crippen molar-refractivity contribution in [1.82, 2.24) is 20.3 Å². The van der Waals surface area contributed by atoms with Crippen LogP contribution in [0.3, 0.4) is 0 Å². The molecule has 2 atom stereocenters. The molecule has 2 unspecified atom stereocenters. The minimum absolute atomic E-state index is 0.0845. The van der Waals surface area contributed by atoms with Crippen molar-refractivity contribution >= 4 is 0 Å². The second-order valence-corrected chi connectivity index (χ2v) is 6.61. The fourth-order valence-corrected chi connectivity index (χ4v) is 2.67. The highest BCUT2D eigenvalue weighted by Crippen LogP contribution is 2.37. The lowest BCUT2D eigenvalue weighted by Crippen LogP contribution is -2.18. The Kier molecular flexibility index (Phi) is 2.73. The first-order valence-corrected chi connectivity index (χ1v) is 6.81. The normalized spacial score (nSPS) is 23.4. The van der Waals surface area contributed by atoms with Crippen LogP contribution in [0.1, 0.15) is 63.0 Å². The summed E-state index contributed by atoms with van der Waals surface area (Å²) in [5, 5.41) is 11.4. The predicted molar refractivity (Wildman–Crippen MR) is 70.9 cm³/mol. The fraction of sp³-hybridized carbons (Fsp3) is 0.643. The Bertz CT molecular complexity index is 578. The van der Waals surface area contributed by atoms with E-state index in [1.54, 1.807) is 0 Å². The van der Waals surface area contributed by atoms with E-state index in [9.17, 15) is 0 Å². The zero-order valence-electron chi connectivity index (χ0n) is 11.9. The van der Waals surface area contributed by atoms with Gasteiger partial charge in [0, 0.05) is 5.41 Å². The van der Waals surface area contributed by atoms with Crippen LogP contribution in [-0.2, 0) is 11.8 Å². The molecule has 1 aliphatic rings. The average molecular weight is 260 g/mol. The summed E-state index contributed by atoms with van der Waals surface area (Å²) in [6.07, 6.45) is 4.02. The fourth-order valence-electron chi connectivity index (χ4n) is 2.67. The quantitative estimate of drug-likeness (QED) is 0.856. The van der Waals surface area contributed by atoms with Gasteiger partial charge in [0.2, 0.25) is 5.89 Å². The van der Waals surface area contributed by atoms with E-state index in [4.69, 9.17) is 4.52 Å². The van der Waals surface area contributed by atoms with E-state index < -0.39 is 0 Å². The molecule has 0 aliphatic heterocycles. The highest BCUT2D eigenvalue weighted by molar-refractivity contribution is 5.28. The van der Waals surface area contributed by atoms with Crippen LogP contribution < -0.4 is 0 Å². The van der Waals surface area contributed by atoms with Gasteiger partial charge in [0.15, 0.2) is 5.82 Å². The molecule has 5 nitrogen and oxygen atoms in total. The summed E-state index contributed by atoms with van der Waals surface area (Å²) in [5.74, 6) is 2.24. The van der Waals surface area contributed by atoms with Gasteiger partial charge < -0.3 is 4.52 Å². The Labute approximate surface area is 112 Å². The number of nitrogens with zero attached hydrogens (tertiary/aromatic N) is 3. The van der Waals surface area contributed by atoms with E-state index in [0.717, 1.165) is 24.4 Å². The number of nitrogens with one attached hydrogen (secondary N) is 1. The number of aromatic amines is 1. The van der Waals surface area contributed by atoms with Gasteiger partial charge in [0.25, 0.3) is 0 Å². The number of rotatable bonds is 1. The molecule has 0 bridgehead atoms. The molecule has 2 aromatic heterocycles. The van der Waals surface area contributed by atoms with Crippen LogP contribution >= 0.6 is 0 Å². The second kappa shape index (κ2) is 4.18. The SMILES string of the molecule is CC1Cc2cn[nH]c2C(c2nc(C(C)(C)C)no2)C1. The van der Waals surface area contributed by atoms with Crippen LogP contribution in [0.2, 0.25) is 0 Å². The van der Waals surface area contributed by atoms with Crippen molar-refractivity contribution in [2.45, 2.75) is 51.9 Å². The predicted octanol–water partition coefficient (Wildman–Crippen LogP) is 2.80. The summed E-state index contributed by atoms with van der Waals surface area (Å²) < 4.78 is 5.50. The van der Waals surface area contributed by atoms with Crippen LogP contribution in [0, 0.1) is 5.92 Å². The molecular weight excluding hydrogens is 240 g/mol. The van der Waals surface area contributed by atoms with Gasteiger partial charge in [-0.05, 0) is 24.3 Å². The van der Waals surface area contributed by atoms with Crippen LogP contribution in [0.25, 0.3) is 0 Å². The maximum absolute atomic E-state index is 5.50. The molecule has 3 rings (SSSR count). The highest BCUT2D eigenvalue weighted by atomic mass is 16.5. The number of hydrogen-bond acceptors (Lipinski definition) is 4. The van der Waals surface area contributed by atoms with E-state index in [1.165, 1.54) is 5.56 Å². The van der Waals surface area contributed by atoms with Crippen molar-refractivity contribution in [3.05, 3.63) is 29.2 Å². The molecule has 2 aromatic rings. The van der Waals surface area contributed by atoms with Crippen molar-refractivity contribution in [2.75, 3.05) is 0 Å². The van der Waals surface area contributed by atoms with Crippen molar-refractivity contribution in [1.29, 1.82) is 0 Å².